The van der Waals surface area contributed by atoms with Crippen LogP contribution in [0.4, 0.5) is 0 Å². The summed E-state index contributed by atoms with van der Waals surface area (Å²) in [5.41, 5.74) is 0. The number of hydrogen-bond acceptors (Lipinski definition) is 3. The monoisotopic (exact) mass is 129 g/mol. The number of hydroxylamine groups is 2. The molecule has 0 amide bonds. The Bertz CT molecular complexity index is 74.9. The number of hydrogen-bond donors (Lipinski definition) is 2. The molecule has 0 unspecified atom stereocenters. The zero-order chi connectivity index (χ0) is 5.86. The van der Waals surface area contributed by atoms with Gasteiger partial charge in [-0.3, -0.25) is 4.79 Å². The summed E-state index contributed by atoms with van der Waals surface area (Å²) in [6.45, 7) is -0.333. The van der Waals surface area contributed by atoms with E-state index in [1.165, 1.54) is 7.05 Å². The van der Waals surface area contributed by atoms with Gasteiger partial charge in [0.05, 0.1) is 0 Å². The minimum absolute atomic E-state index is 0. The molecule has 0 aliphatic heterocycles. The zero-order valence-corrected chi connectivity index (χ0v) is 3.96. The Kier molecular flexibility index (Phi) is 7.75. The van der Waals surface area contributed by atoms with E-state index in [0.717, 1.165) is 0 Å². The van der Waals surface area contributed by atoms with Crippen molar-refractivity contribution < 1.29 is 15.1 Å². The van der Waals surface area contributed by atoms with Crippen molar-refractivity contribution in [2.24, 2.45) is 0 Å². The van der Waals surface area contributed by atoms with E-state index >= 15 is 0 Å². The van der Waals surface area contributed by atoms with Crippen LogP contribution in [-0.2, 0) is 4.79 Å². The number of carboxylic acids is 1. The molecule has 4 nitrogen and oxygen atoms in total. The molecular formula is C3H8NNaO3. The molecule has 0 rings (SSSR count). The maximum atomic E-state index is 9.61. The summed E-state index contributed by atoms with van der Waals surface area (Å²) >= 11 is 0. The molecule has 8 heavy (non-hydrogen) atoms. The molecule has 5 heteroatoms. The van der Waals surface area contributed by atoms with Gasteiger partial charge in [0.15, 0.2) is 0 Å². The van der Waals surface area contributed by atoms with Crippen molar-refractivity contribution in [1.82, 2.24) is 5.06 Å². The van der Waals surface area contributed by atoms with E-state index in [9.17, 15) is 4.79 Å². The second-order valence-electron chi connectivity index (χ2n) is 1.21. The Hall–Kier alpha value is 0.390. The predicted octanol–water partition coefficient (Wildman–Crippen LogP) is -1.26. The SMILES string of the molecule is CN(O)CC(=O)O.[NaH]. The zero-order valence-electron chi connectivity index (χ0n) is 3.96. The number of aliphatic carboxylic acids is 1. The summed E-state index contributed by atoms with van der Waals surface area (Å²) in [5, 5.41) is 16.7. The summed E-state index contributed by atoms with van der Waals surface area (Å²) in [5.74, 6) is -1.04. The summed E-state index contributed by atoms with van der Waals surface area (Å²) in [7, 11) is 1.27. The fourth-order valence-electron chi connectivity index (χ4n) is 0.196. The van der Waals surface area contributed by atoms with Crippen molar-refractivity contribution in [3.05, 3.63) is 0 Å². The molecule has 2 N–H and O–H groups in total. The van der Waals surface area contributed by atoms with Gasteiger partial charge >= 0.3 is 35.5 Å². The molecule has 0 aromatic heterocycles. The molecule has 0 spiro atoms. The molecule has 0 aliphatic rings. The van der Waals surface area contributed by atoms with Gasteiger partial charge < -0.3 is 10.3 Å². The summed E-state index contributed by atoms with van der Waals surface area (Å²) < 4.78 is 0. The summed E-state index contributed by atoms with van der Waals surface area (Å²) in [6, 6.07) is 0. The molecule has 0 heterocycles. The van der Waals surface area contributed by atoms with Crippen molar-refractivity contribution in [1.29, 1.82) is 0 Å². The molecule has 0 saturated carbocycles. The van der Waals surface area contributed by atoms with Crippen LogP contribution in [0.2, 0.25) is 0 Å². The van der Waals surface area contributed by atoms with Gasteiger partial charge in [-0.05, 0) is 0 Å². The summed E-state index contributed by atoms with van der Waals surface area (Å²) in [6.07, 6.45) is 0. The Morgan fingerprint density at radius 2 is 2.12 bits per heavy atom. The van der Waals surface area contributed by atoms with Crippen LogP contribution in [-0.4, -0.2) is 64.5 Å². The second-order valence-corrected chi connectivity index (χ2v) is 1.21. The van der Waals surface area contributed by atoms with Crippen LogP contribution in [0.3, 0.4) is 0 Å². The van der Waals surface area contributed by atoms with Crippen LogP contribution in [0.25, 0.3) is 0 Å². The van der Waals surface area contributed by atoms with Gasteiger partial charge in [-0.2, -0.15) is 5.06 Å². The van der Waals surface area contributed by atoms with E-state index in [0.29, 0.717) is 5.06 Å². The quantitative estimate of drug-likeness (QED) is 0.361. The van der Waals surface area contributed by atoms with Gasteiger partial charge in [-0.15, -0.1) is 0 Å². The first-order valence-electron chi connectivity index (χ1n) is 1.74. The Labute approximate surface area is 69.3 Å². The molecule has 44 valence electrons. The molecular weight excluding hydrogens is 121 g/mol. The van der Waals surface area contributed by atoms with E-state index < -0.39 is 5.97 Å². The van der Waals surface area contributed by atoms with E-state index in [2.05, 4.69) is 0 Å². The number of carbonyl (C=O) groups is 1. The third kappa shape index (κ3) is 9.63. The van der Waals surface area contributed by atoms with Crippen molar-refractivity contribution >= 4 is 35.5 Å². The average molecular weight is 129 g/mol. The topological polar surface area (TPSA) is 60.8 Å². The summed E-state index contributed by atoms with van der Waals surface area (Å²) in [4.78, 5) is 9.61. The Balaban J connectivity index is 0. The molecule has 0 saturated heterocycles. The molecule has 0 aliphatic carbocycles. The minimum atomic E-state index is -1.04. The van der Waals surface area contributed by atoms with Crippen LogP contribution < -0.4 is 0 Å². The van der Waals surface area contributed by atoms with Crippen molar-refractivity contribution in [3.63, 3.8) is 0 Å². The van der Waals surface area contributed by atoms with Gasteiger partial charge in [0.2, 0.25) is 0 Å². The fourth-order valence-corrected chi connectivity index (χ4v) is 0.196. The molecule has 0 aromatic rings. The number of rotatable bonds is 2. The molecule has 0 fully saturated rings. The first kappa shape index (κ1) is 11.2. The van der Waals surface area contributed by atoms with Gasteiger partial charge in [0.25, 0.3) is 0 Å². The van der Waals surface area contributed by atoms with E-state index in [1.807, 2.05) is 0 Å². The van der Waals surface area contributed by atoms with Crippen LogP contribution in [0.5, 0.6) is 0 Å². The number of nitrogens with zero attached hydrogens (tertiary/aromatic N) is 1. The van der Waals surface area contributed by atoms with Crippen molar-refractivity contribution in [2.45, 2.75) is 0 Å². The van der Waals surface area contributed by atoms with E-state index in [-0.39, 0.29) is 36.1 Å². The molecule has 0 bridgehead atoms. The van der Waals surface area contributed by atoms with Gasteiger partial charge in [-0.1, -0.05) is 0 Å². The van der Waals surface area contributed by atoms with E-state index in [4.69, 9.17) is 10.3 Å². The molecule has 0 radical (unpaired) electrons. The Morgan fingerprint density at radius 3 is 2.12 bits per heavy atom. The van der Waals surface area contributed by atoms with E-state index in [1.54, 1.807) is 0 Å². The van der Waals surface area contributed by atoms with Crippen LogP contribution in [0, 0.1) is 0 Å². The first-order chi connectivity index (χ1) is 3.13. The maximum absolute atomic E-state index is 9.61. The second kappa shape index (κ2) is 5.53. The first-order valence-corrected chi connectivity index (χ1v) is 1.74. The van der Waals surface area contributed by atoms with Crippen LogP contribution in [0.15, 0.2) is 0 Å². The van der Waals surface area contributed by atoms with Gasteiger partial charge in [0.1, 0.15) is 6.54 Å². The van der Waals surface area contributed by atoms with Crippen molar-refractivity contribution in [2.75, 3.05) is 13.6 Å². The molecule has 0 aromatic carbocycles. The fraction of sp³-hybridized carbons (Fsp3) is 0.667. The predicted molar refractivity (Wildman–Crippen MR) is 29.2 cm³/mol. The molecule has 0 atom stereocenters. The number of likely N-dealkylation sites (N-methyl/N-ethyl adjacent to an activating group) is 1. The third-order valence-electron chi connectivity index (χ3n) is 0.364. The third-order valence-corrected chi connectivity index (χ3v) is 0.364. The number of carboxylic acid groups (broad SMARTS) is 1. The average Bonchev–Trinajstić information content (AvgIpc) is 1.27. The Morgan fingerprint density at radius 1 is 1.75 bits per heavy atom. The van der Waals surface area contributed by atoms with Crippen LogP contribution >= 0.6 is 0 Å². The van der Waals surface area contributed by atoms with Crippen LogP contribution in [0.1, 0.15) is 0 Å². The standard InChI is InChI=1S/C3H7NO3.Na.H/c1-4(7)2-3(5)6;;/h7H,2H2,1H3,(H,5,6);;. The van der Waals surface area contributed by atoms with Gasteiger partial charge in [-0.25, -0.2) is 0 Å². The normalized spacial score (nSPS) is 8.38. The van der Waals surface area contributed by atoms with Crippen molar-refractivity contribution in [3.8, 4) is 0 Å². The van der Waals surface area contributed by atoms with Gasteiger partial charge in [0, 0.05) is 7.05 Å².